The Morgan fingerprint density at radius 3 is 2.95 bits per heavy atom. The molecule has 0 radical (unpaired) electrons. The summed E-state index contributed by atoms with van der Waals surface area (Å²) in [6.45, 7) is 3.38. The summed E-state index contributed by atoms with van der Waals surface area (Å²) < 4.78 is 30.9. The molecule has 0 unspecified atom stereocenters. The van der Waals surface area contributed by atoms with Crippen molar-refractivity contribution in [2.24, 2.45) is 0 Å². The largest absolute Gasteiger partial charge is 0.363 e. The van der Waals surface area contributed by atoms with E-state index in [1.54, 1.807) is 6.07 Å². The molecule has 0 aliphatic rings. The van der Waals surface area contributed by atoms with Crippen LogP contribution in [0.5, 0.6) is 0 Å². The number of aromatic amines is 1. The Morgan fingerprint density at radius 1 is 1.42 bits per heavy atom. The number of nitrogens with one attached hydrogen (secondary N) is 3. The Bertz CT molecular complexity index is 605. The maximum absolute atomic E-state index is 12.0. The summed E-state index contributed by atoms with van der Waals surface area (Å²) in [6, 6.07) is 1.58. The highest BCUT2D eigenvalue weighted by molar-refractivity contribution is 7.89. The van der Waals surface area contributed by atoms with Crippen molar-refractivity contribution in [2.75, 3.05) is 6.54 Å². The highest BCUT2D eigenvalue weighted by Crippen LogP contribution is 2.10. The maximum atomic E-state index is 12.0. The van der Waals surface area contributed by atoms with Gasteiger partial charge in [0.15, 0.2) is 5.82 Å². The summed E-state index contributed by atoms with van der Waals surface area (Å²) in [5.41, 5.74) is 0.807. The standard InChI is InChI=1S/C10H15N5O3S/c1-2-11-4-8-3-9(5-12-8)19(16,17)14-6-10-13-7-18-15-10/h3,5,7,11-12,14H,2,4,6H2,1H3. The van der Waals surface area contributed by atoms with Crippen LogP contribution in [0.2, 0.25) is 0 Å². The van der Waals surface area contributed by atoms with E-state index in [1.807, 2.05) is 6.92 Å². The first kappa shape index (κ1) is 13.7. The lowest BCUT2D eigenvalue weighted by Gasteiger charge is -2.01. The van der Waals surface area contributed by atoms with Crippen molar-refractivity contribution in [1.82, 2.24) is 25.2 Å². The normalized spacial score (nSPS) is 11.8. The summed E-state index contributed by atoms with van der Waals surface area (Å²) in [6.07, 6.45) is 2.60. The van der Waals surface area contributed by atoms with E-state index in [0.717, 1.165) is 18.6 Å². The second-order valence-corrected chi connectivity index (χ2v) is 5.58. The van der Waals surface area contributed by atoms with Crippen LogP contribution in [-0.2, 0) is 23.1 Å². The van der Waals surface area contributed by atoms with E-state index in [1.165, 1.54) is 6.20 Å². The van der Waals surface area contributed by atoms with Gasteiger partial charge in [-0.05, 0) is 12.6 Å². The zero-order chi connectivity index (χ0) is 13.7. The van der Waals surface area contributed by atoms with Gasteiger partial charge in [0.25, 0.3) is 0 Å². The van der Waals surface area contributed by atoms with Crippen LogP contribution in [-0.4, -0.2) is 30.1 Å². The van der Waals surface area contributed by atoms with Crippen LogP contribution in [0.25, 0.3) is 0 Å². The summed E-state index contributed by atoms with van der Waals surface area (Å²) >= 11 is 0. The topological polar surface area (TPSA) is 113 Å². The summed E-state index contributed by atoms with van der Waals surface area (Å²) in [5.74, 6) is 0.284. The highest BCUT2D eigenvalue weighted by atomic mass is 32.2. The van der Waals surface area contributed by atoms with E-state index in [4.69, 9.17) is 0 Å². The fourth-order valence-electron chi connectivity index (χ4n) is 1.45. The minimum Gasteiger partial charge on any atom is -0.363 e. The van der Waals surface area contributed by atoms with Crippen LogP contribution in [0.1, 0.15) is 18.4 Å². The Balaban J connectivity index is 2.00. The van der Waals surface area contributed by atoms with Gasteiger partial charge in [-0.15, -0.1) is 0 Å². The van der Waals surface area contributed by atoms with Crippen LogP contribution in [0, 0.1) is 0 Å². The molecule has 2 aromatic heterocycles. The molecular weight excluding hydrogens is 270 g/mol. The number of nitrogens with zero attached hydrogens (tertiary/aromatic N) is 2. The van der Waals surface area contributed by atoms with Gasteiger partial charge in [-0.2, -0.15) is 4.98 Å². The molecule has 0 bridgehead atoms. The zero-order valence-corrected chi connectivity index (χ0v) is 11.2. The Morgan fingerprint density at radius 2 is 2.26 bits per heavy atom. The third kappa shape index (κ3) is 3.63. The van der Waals surface area contributed by atoms with Crippen molar-refractivity contribution in [3.63, 3.8) is 0 Å². The Kier molecular flexibility index (Phi) is 4.30. The number of hydrogen-bond acceptors (Lipinski definition) is 6. The number of sulfonamides is 1. The first-order chi connectivity index (χ1) is 9.12. The molecule has 19 heavy (non-hydrogen) atoms. The lowest BCUT2D eigenvalue weighted by molar-refractivity contribution is 0.409. The third-order valence-electron chi connectivity index (χ3n) is 2.42. The maximum Gasteiger partial charge on any atom is 0.242 e. The van der Waals surface area contributed by atoms with Crippen molar-refractivity contribution >= 4 is 10.0 Å². The zero-order valence-electron chi connectivity index (χ0n) is 10.4. The minimum absolute atomic E-state index is 0.00738. The van der Waals surface area contributed by atoms with E-state index >= 15 is 0 Å². The Hall–Kier alpha value is -1.71. The number of aromatic nitrogens is 3. The van der Waals surface area contributed by atoms with Crippen LogP contribution >= 0.6 is 0 Å². The van der Waals surface area contributed by atoms with Gasteiger partial charge in [0.1, 0.15) is 0 Å². The van der Waals surface area contributed by atoms with Crippen molar-refractivity contribution in [1.29, 1.82) is 0 Å². The van der Waals surface area contributed by atoms with E-state index < -0.39 is 10.0 Å². The van der Waals surface area contributed by atoms with Crippen molar-refractivity contribution in [2.45, 2.75) is 24.9 Å². The highest BCUT2D eigenvalue weighted by Gasteiger charge is 2.16. The molecule has 0 saturated carbocycles. The monoisotopic (exact) mass is 285 g/mol. The fourth-order valence-corrected chi connectivity index (χ4v) is 2.45. The van der Waals surface area contributed by atoms with Gasteiger partial charge in [0, 0.05) is 18.4 Å². The van der Waals surface area contributed by atoms with E-state index in [2.05, 4.69) is 29.7 Å². The lowest BCUT2D eigenvalue weighted by Crippen LogP contribution is -2.23. The Labute approximate surface area is 110 Å². The molecule has 3 N–H and O–H groups in total. The summed E-state index contributed by atoms with van der Waals surface area (Å²) in [7, 11) is -3.57. The number of rotatable bonds is 7. The molecule has 2 aromatic rings. The molecule has 0 amide bonds. The SMILES string of the molecule is CCNCc1cc(S(=O)(=O)NCc2ncon2)c[nH]1. The van der Waals surface area contributed by atoms with E-state index in [0.29, 0.717) is 6.54 Å². The molecule has 0 aliphatic heterocycles. The average Bonchev–Trinajstić information content (AvgIpc) is 3.05. The predicted octanol–water partition coefficient (Wildman–Crippen LogP) is -0.0143. The molecule has 0 aliphatic carbocycles. The molecule has 0 saturated heterocycles. The van der Waals surface area contributed by atoms with Gasteiger partial charge in [0.05, 0.1) is 11.4 Å². The van der Waals surface area contributed by atoms with Gasteiger partial charge in [0.2, 0.25) is 16.4 Å². The second-order valence-electron chi connectivity index (χ2n) is 3.81. The quantitative estimate of drug-likeness (QED) is 0.659. The number of hydrogen-bond donors (Lipinski definition) is 3. The molecule has 0 spiro atoms. The molecule has 8 nitrogen and oxygen atoms in total. The van der Waals surface area contributed by atoms with Gasteiger partial charge in [-0.1, -0.05) is 12.1 Å². The predicted molar refractivity (Wildman–Crippen MR) is 66.5 cm³/mol. The van der Waals surface area contributed by atoms with Crippen molar-refractivity contribution in [3.05, 3.63) is 30.2 Å². The van der Waals surface area contributed by atoms with Gasteiger partial charge in [-0.25, -0.2) is 13.1 Å². The average molecular weight is 285 g/mol. The van der Waals surface area contributed by atoms with Gasteiger partial charge in [-0.3, -0.25) is 0 Å². The minimum atomic E-state index is -3.57. The van der Waals surface area contributed by atoms with Crippen LogP contribution in [0.4, 0.5) is 0 Å². The molecular formula is C10H15N5O3S. The van der Waals surface area contributed by atoms with E-state index in [9.17, 15) is 8.42 Å². The third-order valence-corrected chi connectivity index (χ3v) is 3.80. The summed E-state index contributed by atoms with van der Waals surface area (Å²) in [5, 5.41) is 6.63. The van der Waals surface area contributed by atoms with Crippen molar-refractivity contribution in [3.8, 4) is 0 Å². The van der Waals surface area contributed by atoms with E-state index in [-0.39, 0.29) is 17.3 Å². The first-order valence-corrected chi connectivity index (χ1v) is 7.23. The molecule has 0 fully saturated rings. The molecule has 0 aromatic carbocycles. The molecule has 9 heteroatoms. The molecule has 2 heterocycles. The second kappa shape index (κ2) is 5.95. The lowest BCUT2D eigenvalue weighted by atomic mass is 10.4. The first-order valence-electron chi connectivity index (χ1n) is 5.74. The van der Waals surface area contributed by atoms with Crippen LogP contribution in [0.15, 0.2) is 28.1 Å². The smallest absolute Gasteiger partial charge is 0.242 e. The number of H-pyrrole nitrogens is 1. The van der Waals surface area contributed by atoms with Gasteiger partial charge < -0.3 is 14.8 Å². The molecule has 2 rings (SSSR count). The van der Waals surface area contributed by atoms with Gasteiger partial charge >= 0.3 is 0 Å². The molecule has 104 valence electrons. The van der Waals surface area contributed by atoms with Crippen molar-refractivity contribution < 1.29 is 12.9 Å². The molecule has 0 atom stereocenters. The summed E-state index contributed by atoms with van der Waals surface area (Å²) in [4.78, 5) is 6.83. The van der Waals surface area contributed by atoms with Crippen LogP contribution in [0.3, 0.4) is 0 Å². The fraction of sp³-hybridized carbons (Fsp3) is 0.400. The van der Waals surface area contributed by atoms with Crippen LogP contribution < -0.4 is 10.0 Å².